The molecule has 2 N–H and O–H groups in total. The standard InChI is InChI=1S/C17H9NO4/c19-12-5-6-13(20)15-14(12)10(17(21)22)7-9-8-3-1-2-4-11(8)18-16(9)15/h1-7,18H,(H,21,22). The number of fused-ring (bicyclic) bond motifs is 5. The van der Waals surface area contributed by atoms with E-state index in [-0.39, 0.29) is 22.5 Å². The minimum atomic E-state index is -1.22. The fourth-order valence-electron chi connectivity index (χ4n) is 2.98. The molecule has 5 nitrogen and oxygen atoms in total. The number of nitrogens with one attached hydrogen (secondary N) is 1. The van der Waals surface area contributed by atoms with Crippen LogP contribution in [0.1, 0.15) is 31.1 Å². The molecule has 106 valence electrons. The Morgan fingerprint density at radius 2 is 1.64 bits per heavy atom. The van der Waals surface area contributed by atoms with Gasteiger partial charge in [0, 0.05) is 21.9 Å². The fourth-order valence-corrected chi connectivity index (χ4v) is 2.98. The number of carboxylic acids is 1. The summed E-state index contributed by atoms with van der Waals surface area (Å²) < 4.78 is 0. The molecule has 1 aliphatic rings. The lowest BCUT2D eigenvalue weighted by Gasteiger charge is -2.13. The highest BCUT2D eigenvalue weighted by Gasteiger charge is 2.29. The molecule has 1 aromatic heterocycles. The van der Waals surface area contributed by atoms with Gasteiger partial charge in [0.05, 0.1) is 16.6 Å². The number of aromatic nitrogens is 1. The van der Waals surface area contributed by atoms with E-state index >= 15 is 0 Å². The van der Waals surface area contributed by atoms with Crippen LogP contribution in [-0.4, -0.2) is 27.6 Å². The monoisotopic (exact) mass is 291 g/mol. The number of para-hydroxylation sites is 1. The topological polar surface area (TPSA) is 87.2 Å². The fraction of sp³-hybridized carbons (Fsp3) is 0. The van der Waals surface area contributed by atoms with Gasteiger partial charge in [-0.25, -0.2) is 4.79 Å². The molecule has 0 saturated heterocycles. The summed E-state index contributed by atoms with van der Waals surface area (Å²) in [5, 5.41) is 10.9. The number of H-pyrrole nitrogens is 1. The molecule has 0 bridgehead atoms. The first-order chi connectivity index (χ1) is 10.6. The van der Waals surface area contributed by atoms with Crippen LogP contribution in [0.5, 0.6) is 0 Å². The maximum Gasteiger partial charge on any atom is 0.336 e. The van der Waals surface area contributed by atoms with Crippen molar-refractivity contribution in [2.75, 3.05) is 0 Å². The second-order valence-electron chi connectivity index (χ2n) is 5.13. The van der Waals surface area contributed by atoms with Gasteiger partial charge in [0.25, 0.3) is 0 Å². The zero-order chi connectivity index (χ0) is 15.4. The summed E-state index contributed by atoms with van der Waals surface area (Å²) >= 11 is 0. The highest BCUT2D eigenvalue weighted by molar-refractivity contribution is 6.31. The molecule has 2 aromatic carbocycles. The largest absolute Gasteiger partial charge is 0.478 e. The molecule has 0 fully saturated rings. The van der Waals surface area contributed by atoms with E-state index in [0.717, 1.165) is 17.0 Å². The SMILES string of the molecule is O=C(O)c1cc2c([nH]c3ccccc32)c2c1C(=O)C=CC2=O. The Morgan fingerprint density at radius 3 is 2.36 bits per heavy atom. The smallest absolute Gasteiger partial charge is 0.336 e. The Kier molecular flexibility index (Phi) is 2.36. The molecule has 22 heavy (non-hydrogen) atoms. The van der Waals surface area contributed by atoms with Crippen LogP contribution in [-0.2, 0) is 0 Å². The first-order valence-corrected chi connectivity index (χ1v) is 6.65. The van der Waals surface area contributed by atoms with Crippen molar-refractivity contribution >= 4 is 39.3 Å². The van der Waals surface area contributed by atoms with E-state index in [4.69, 9.17) is 0 Å². The lowest BCUT2D eigenvalue weighted by Crippen LogP contribution is -2.17. The highest BCUT2D eigenvalue weighted by Crippen LogP contribution is 2.34. The van der Waals surface area contributed by atoms with Gasteiger partial charge in [0.2, 0.25) is 0 Å². The van der Waals surface area contributed by atoms with E-state index in [2.05, 4.69) is 4.98 Å². The van der Waals surface area contributed by atoms with Gasteiger partial charge in [-0.1, -0.05) is 18.2 Å². The van der Waals surface area contributed by atoms with Crippen molar-refractivity contribution in [1.82, 2.24) is 4.98 Å². The number of aromatic amines is 1. The molecule has 1 heterocycles. The number of carbonyl (C=O) groups is 3. The van der Waals surface area contributed by atoms with Gasteiger partial charge in [0.15, 0.2) is 11.6 Å². The van der Waals surface area contributed by atoms with Crippen molar-refractivity contribution in [1.29, 1.82) is 0 Å². The van der Waals surface area contributed by atoms with Crippen LogP contribution in [0.25, 0.3) is 21.8 Å². The maximum absolute atomic E-state index is 12.2. The van der Waals surface area contributed by atoms with Crippen molar-refractivity contribution in [2.24, 2.45) is 0 Å². The van der Waals surface area contributed by atoms with Gasteiger partial charge in [-0.2, -0.15) is 0 Å². The summed E-state index contributed by atoms with van der Waals surface area (Å²) in [6.07, 6.45) is 2.30. The molecule has 0 amide bonds. The average molecular weight is 291 g/mol. The van der Waals surface area contributed by atoms with Gasteiger partial charge < -0.3 is 10.1 Å². The number of carboxylic acid groups (broad SMARTS) is 1. The van der Waals surface area contributed by atoms with Crippen molar-refractivity contribution in [3.05, 3.63) is 59.2 Å². The van der Waals surface area contributed by atoms with E-state index in [1.54, 1.807) is 0 Å². The summed E-state index contributed by atoms with van der Waals surface area (Å²) in [6.45, 7) is 0. The number of hydrogen-bond acceptors (Lipinski definition) is 3. The van der Waals surface area contributed by atoms with Crippen LogP contribution in [0.2, 0.25) is 0 Å². The minimum Gasteiger partial charge on any atom is -0.478 e. The van der Waals surface area contributed by atoms with E-state index in [1.807, 2.05) is 24.3 Å². The third kappa shape index (κ3) is 1.50. The second-order valence-corrected chi connectivity index (χ2v) is 5.13. The Hall–Kier alpha value is -3.21. The van der Waals surface area contributed by atoms with Gasteiger partial charge in [-0.15, -0.1) is 0 Å². The predicted octanol–water partition coefficient (Wildman–Crippen LogP) is 2.95. The normalized spacial score (nSPS) is 13.8. The summed E-state index contributed by atoms with van der Waals surface area (Å²) in [7, 11) is 0. The Labute approximate surface area is 123 Å². The molecule has 4 rings (SSSR count). The van der Waals surface area contributed by atoms with Crippen molar-refractivity contribution in [3.8, 4) is 0 Å². The summed E-state index contributed by atoms with van der Waals surface area (Å²) in [5.41, 5.74) is 1.24. The van der Waals surface area contributed by atoms with Crippen LogP contribution >= 0.6 is 0 Å². The number of aromatic carboxylic acids is 1. The highest BCUT2D eigenvalue weighted by atomic mass is 16.4. The lowest BCUT2D eigenvalue weighted by atomic mass is 9.88. The van der Waals surface area contributed by atoms with E-state index in [1.165, 1.54) is 12.1 Å². The maximum atomic E-state index is 12.2. The number of rotatable bonds is 1. The Bertz CT molecular complexity index is 1040. The lowest BCUT2D eigenvalue weighted by molar-refractivity contribution is 0.0693. The molecule has 0 spiro atoms. The van der Waals surface area contributed by atoms with Crippen molar-refractivity contribution in [2.45, 2.75) is 0 Å². The van der Waals surface area contributed by atoms with E-state index in [9.17, 15) is 19.5 Å². The number of ketones is 2. The molecule has 0 atom stereocenters. The third-order valence-electron chi connectivity index (χ3n) is 3.91. The quantitative estimate of drug-likeness (QED) is 0.721. The average Bonchev–Trinajstić information content (AvgIpc) is 2.88. The molecule has 0 unspecified atom stereocenters. The number of benzene rings is 2. The molecule has 0 radical (unpaired) electrons. The van der Waals surface area contributed by atoms with Crippen LogP contribution in [0.3, 0.4) is 0 Å². The molecule has 3 aromatic rings. The molecular weight excluding hydrogens is 282 g/mol. The van der Waals surface area contributed by atoms with Gasteiger partial charge >= 0.3 is 5.97 Å². The Balaban J connectivity index is 2.28. The first-order valence-electron chi connectivity index (χ1n) is 6.65. The van der Waals surface area contributed by atoms with Crippen LogP contribution < -0.4 is 0 Å². The van der Waals surface area contributed by atoms with Crippen molar-refractivity contribution < 1.29 is 19.5 Å². The van der Waals surface area contributed by atoms with E-state index in [0.29, 0.717) is 10.9 Å². The minimum absolute atomic E-state index is 0.0425. The van der Waals surface area contributed by atoms with Gasteiger partial charge in [-0.05, 0) is 24.3 Å². The molecule has 0 saturated carbocycles. The summed E-state index contributed by atoms with van der Waals surface area (Å²) in [6, 6.07) is 8.82. The Morgan fingerprint density at radius 1 is 0.955 bits per heavy atom. The predicted molar refractivity (Wildman–Crippen MR) is 80.6 cm³/mol. The van der Waals surface area contributed by atoms with Crippen molar-refractivity contribution in [3.63, 3.8) is 0 Å². The number of allylic oxidation sites excluding steroid dienone is 2. The van der Waals surface area contributed by atoms with Crippen LogP contribution in [0.4, 0.5) is 0 Å². The van der Waals surface area contributed by atoms with Gasteiger partial charge in [-0.3, -0.25) is 9.59 Å². The zero-order valence-corrected chi connectivity index (χ0v) is 11.2. The van der Waals surface area contributed by atoms with Crippen LogP contribution in [0.15, 0.2) is 42.5 Å². The summed E-state index contributed by atoms with van der Waals surface area (Å²) in [5.74, 6) is -2.05. The zero-order valence-electron chi connectivity index (χ0n) is 11.2. The number of carbonyl (C=O) groups excluding carboxylic acids is 2. The van der Waals surface area contributed by atoms with Crippen LogP contribution in [0, 0.1) is 0 Å². The van der Waals surface area contributed by atoms with E-state index < -0.39 is 11.8 Å². The first kappa shape index (κ1) is 12.5. The molecular formula is C17H9NO4. The molecule has 1 aliphatic carbocycles. The second kappa shape index (κ2) is 4.14. The van der Waals surface area contributed by atoms with Gasteiger partial charge in [0.1, 0.15) is 0 Å². The summed E-state index contributed by atoms with van der Waals surface area (Å²) in [4.78, 5) is 39.0. The molecule has 0 aliphatic heterocycles. The number of hydrogen-bond donors (Lipinski definition) is 2. The third-order valence-corrected chi connectivity index (χ3v) is 3.91. The molecule has 5 heteroatoms.